The Balaban J connectivity index is 2.75. The van der Waals surface area contributed by atoms with Gasteiger partial charge in [0.1, 0.15) is 0 Å². The van der Waals surface area contributed by atoms with Crippen molar-refractivity contribution in [1.29, 1.82) is 0 Å². The molecule has 1 unspecified atom stereocenters. The molecule has 1 heterocycles. The molecule has 0 amide bonds. The molecule has 0 aromatic heterocycles. The van der Waals surface area contributed by atoms with Gasteiger partial charge in [0.25, 0.3) is 0 Å². The predicted octanol–water partition coefficient (Wildman–Crippen LogP) is 0.365. The van der Waals surface area contributed by atoms with Gasteiger partial charge in [0.15, 0.2) is 6.17 Å². The molecule has 9 heavy (non-hydrogen) atoms. The van der Waals surface area contributed by atoms with Crippen LogP contribution in [0.15, 0.2) is 16.6 Å². The maximum absolute atomic E-state index is 4.30. The van der Waals surface area contributed by atoms with E-state index in [1.807, 2.05) is 6.92 Å². The summed E-state index contributed by atoms with van der Waals surface area (Å²) in [5.74, 6) is 0. The predicted molar refractivity (Wildman–Crippen MR) is 38.2 cm³/mol. The van der Waals surface area contributed by atoms with Gasteiger partial charge in [-0.2, -0.15) is 0 Å². The topological polar surface area (TPSA) is 40.0 Å². The number of quaternary nitrogens is 1. The second-order valence-electron chi connectivity index (χ2n) is 2.49. The van der Waals surface area contributed by atoms with Crippen molar-refractivity contribution in [3.05, 3.63) is 11.6 Å². The van der Waals surface area contributed by atoms with Crippen molar-refractivity contribution < 1.29 is 5.73 Å². The lowest BCUT2D eigenvalue weighted by molar-refractivity contribution is -0.416. The standard InChI is InChI=1S/C7H12N2/c1-5-3-4-7(8)9-6(5)2/h3,7H,4,8H2,1-2H3/p+1. The Kier molecular flexibility index (Phi) is 1.67. The van der Waals surface area contributed by atoms with Gasteiger partial charge in [-0.3, -0.25) is 0 Å². The number of nitrogens with zero attached hydrogens (tertiary/aromatic N) is 1. The molecule has 1 aliphatic heterocycles. The zero-order chi connectivity index (χ0) is 6.85. The number of hydrogen-bond acceptors (Lipinski definition) is 1. The van der Waals surface area contributed by atoms with Crippen LogP contribution in [0.4, 0.5) is 0 Å². The molecule has 3 N–H and O–H groups in total. The van der Waals surface area contributed by atoms with Crippen molar-refractivity contribution in [3.63, 3.8) is 0 Å². The molecule has 0 saturated heterocycles. The second kappa shape index (κ2) is 2.31. The Labute approximate surface area is 55.5 Å². The third-order valence-corrected chi connectivity index (χ3v) is 1.64. The van der Waals surface area contributed by atoms with Crippen LogP contribution in [0.2, 0.25) is 0 Å². The zero-order valence-electron chi connectivity index (χ0n) is 6.02. The highest BCUT2D eigenvalue weighted by Crippen LogP contribution is 2.07. The van der Waals surface area contributed by atoms with Gasteiger partial charge in [0.05, 0.1) is 0 Å². The minimum Gasteiger partial charge on any atom is -0.336 e. The van der Waals surface area contributed by atoms with E-state index >= 15 is 0 Å². The van der Waals surface area contributed by atoms with Crippen LogP contribution in [0.1, 0.15) is 20.3 Å². The van der Waals surface area contributed by atoms with E-state index in [0.29, 0.717) is 0 Å². The van der Waals surface area contributed by atoms with E-state index in [1.165, 1.54) is 5.57 Å². The maximum Gasteiger partial charge on any atom is 0.181 e. The largest absolute Gasteiger partial charge is 0.336 e. The minimum absolute atomic E-state index is 0.258. The van der Waals surface area contributed by atoms with Crippen LogP contribution in [0, 0.1) is 0 Å². The Morgan fingerprint density at radius 2 is 2.33 bits per heavy atom. The van der Waals surface area contributed by atoms with Crippen molar-refractivity contribution in [2.45, 2.75) is 26.4 Å². The average Bonchev–Trinajstić information content (AvgIpc) is 1.80. The van der Waals surface area contributed by atoms with E-state index in [-0.39, 0.29) is 6.17 Å². The van der Waals surface area contributed by atoms with E-state index in [4.69, 9.17) is 0 Å². The molecule has 0 bridgehead atoms. The quantitative estimate of drug-likeness (QED) is 0.486. The molecular weight excluding hydrogens is 112 g/mol. The van der Waals surface area contributed by atoms with Crippen molar-refractivity contribution in [1.82, 2.24) is 0 Å². The Morgan fingerprint density at radius 1 is 1.67 bits per heavy atom. The summed E-state index contributed by atoms with van der Waals surface area (Å²) in [6.45, 7) is 4.12. The van der Waals surface area contributed by atoms with Crippen molar-refractivity contribution in [2.24, 2.45) is 4.99 Å². The van der Waals surface area contributed by atoms with Crippen LogP contribution < -0.4 is 5.73 Å². The zero-order valence-corrected chi connectivity index (χ0v) is 6.02. The van der Waals surface area contributed by atoms with Crippen molar-refractivity contribution >= 4 is 5.71 Å². The monoisotopic (exact) mass is 125 g/mol. The summed E-state index contributed by atoms with van der Waals surface area (Å²) in [6.07, 6.45) is 3.46. The number of dihydropyridines is 1. The highest BCUT2D eigenvalue weighted by Gasteiger charge is 2.08. The molecule has 2 heteroatoms. The van der Waals surface area contributed by atoms with Gasteiger partial charge in [-0.1, -0.05) is 6.08 Å². The first-order valence-corrected chi connectivity index (χ1v) is 3.25. The van der Waals surface area contributed by atoms with Crippen LogP contribution >= 0.6 is 0 Å². The van der Waals surface area contributed by atoms with Gasteiger partial charge < -0.3 is 5.73 Å². The number of allylic oxidation sites excluding steroid dienone is 1. The van der Waals surface area contributed by atoms with E-state index < -0.39 is 0 Å². The molecule has 2 nitrogen and oxygen atoms in total. The Bertz CT molecular complexity index is 168. The van der Waals surface area contributed by atoms with Gasteiger partial charge in [-0.15, -0.1) is 0 Å². The number of aliphatic imine (C=N–C) groups is 1. The van der Waals surface area contributed by atoms with Crippen molar-refractivity contribution in [2.75, 3.05) is 0 Å². The van der Waals surface area contributed by atoms with Gasteiger partial charge >= 0.3 is 0 Å². The number of rotatable bonds is 0. The van der Waals surface area contributed by atoms with Gasteiger partial charge in [0, 0.05) is 12.1 Å². The molecule has 0 fully saturated rings. The third-order valence-electron chi connectivity index (χ3n) is 1.64. The van der Waals surface area contributed by atoms with Crippen LogP contribution in [0.25, 0.3) is 0 Å². The first-order chi connectivity index (χ1) is 4.20. The van der Waals surface area contributed by atoms with Gasteiger partial charge in [-0.05, 0) is 19.4 Å². The summed E-state index contributed by atoms with van der Waals surface area (Å²) in [5, 5.41) is 0. The first kappa shape index (κ1) is 6.49. The van der Waals surface area contributed by atoms with Gasteiger partial charge in [-0.25, -0.2) is 4.99 Å². The summed E-state index contributed by atoms with van der Waals surface area (Å²) in [4.78, 5) is 4.30. The molecular formula is C7H13N2+. The lowest BCUT2D eigenvalue weighted by Crippen LogP contribution is -2.60. The summed E-state index contributed by atoms with van der Waals surface area (Å²) in [7, 11) is 0. The van der Waals surface area contributed by atoms with Crippen LogP contribution in [-0.4, -0.2) is 11.9 Å². The molecule has 0 spiro atoms. The summed E-state index contributed by atoms with van der Waals surface area (Å²) < 4.78 is 0. The van der Waals surface area contributed by atoms with E-state index in [9.17, 15) is 0 Å². The molecule has 0 aromatic rings. The molecule has 0 aliphatic carbocycles. The van der Waals surface area contributed by atoms with Crippen molar-refractivity contribution in [3.8, 4) is 0 Å². The lowest BCUT2D eigenvalue weighted by Gasteiger charge is -2.09. The average molecular weight is 125 g/mol. The Hall–Kier alpha value is -0.630. The fourth-order valence-electron chi connectivity index (χ4n) is 0.889. The highest BCUT2D eigenvalue weighted by atomic mass is 14.9. The molecule has 1 atom stereocenters. The van der Waals surface area contributed by atoms with E-state index in [0.717, 1.165) is 12.1 Å². The second-order valence-corrected chi connectivity index (χ2v) is 2.49. The third kappa shape index (κ3) is 1.39. The normalized spacial score (nSPS) is 27.2. The van der Waals surface area contributed by atoms with E-state index in [2.05, 4.69) is 23.7 Å². The minimum atomic E-state index is 0.258. The van der Waals surface area contributed by atoms with E-state index in [1.54, 1.807) is 0 Å². The number of hydrogen-bond donors (Lipinski definition) is 1. The van der Waals surface area contributed by atoms with Crippen LogP contribution in [0.3, 0.4) is 0 Å². The fraction of sp³-hybridized carbons (Fsp3) is 0.571. The van der Waals surface area contributed by atoms with Gasteiger partial charge in [0.2, 0.25) is 0 Å². The SMILES string of the molecule is CC1=CCC([NH3+])N=C1C. The first-order valence-electron chi connectivity index (χ1n) is 3.25. The van der Waals surface area contributed by atoms with Crippen LogP contribution in [-0.2, 0) is 0 Å². The summed E-state index contributed by atoms with van der Waals surface area (Å²) in [6, 6.07) is 0. The highest BCUT2D eigenvalue weighted by molar-refractivity contribution is 5.98. The molecule has 50 valence electrons. The molecule has 0 aromatic carbocycles. The van der Waals surface area contributed by atoms with Crippen LogP contribution in [0.5, 0.6) is 0 Å². The summed E-state index contributed by atoms with van der Waals surface area (Å²) >= 11 is 0. The Morgan fingerprint density at radius 3 is 2.78 bits per heavy atom. The molecule has 1 rings (SSSR count). The fourth-order valence-corrected chi connectivity index (χ4v) is 0.889. The smallest absolute Gasteiger partial charge is 0.181 e. The maximum atomic E-state index is 4.30. The molecule has 0 saturated carbocycles. The molecule has 0 radical (unpaired) electrons. The molecule has 1 aliphatic rings. The lowest BCUT2D eigenvalue weighted by atomic mass is 10.1. The summed E-state index contributed by atoms with van der Waals surface area (Å²) in [5.41, 5.74) is 6.29.